The molecule has 0 aliphatic rings. The predicted molar refractivity (Wildman–Crippen MR) is 245 cm³/mol. The van der Waals surface area contributed by atoms with Crippen molar-refractivity contribution >= 4 is 25.7 Å². The van der Waals surface area contributed by atoms with Gasteiger partial charge in [-0.1, -0.05) is 164 Å². The normalized spacial score (nSPS) is 14.2. The number of hydrogen-bond donors (Lipinski definition) is 3. The summed E-state index contributed by atoms with van der Waals surface area (Å²) in [5.74, 6) is -2.45. The first-order valence-electron chi connectivity index (χ1n) is 23.3. The van der Waals surface area contributed by atoms with Crippen molar-refractivity contribution in [2.24, 2.45) is 5.73 Å². The highest BCUT2D eigenvalue weighted by Gasteiger charge is 2.28. The Kier molecular flexibility index (Phi) is 40.8. The number of carboxylic acid groups (broad SMARTS) is 1. The number of phosphoric acid groups is 1. The van der Waals surface area contributed by atoms with Crippen LogP contribution in [0.25, 0.3) is 0 Å². The molecule has 0 radical (unpaired) electrons. The Morgan fingerprint density at radius 3 is 1.42 bits per heavy atom. The van der Waals surface area contributed by atoms with Gasteiger partial charge < -0.3 is 25.2 Å². The molecule has 11 nitrogen and oxygen atoms in total. The van der Waals surface area contributed by atoms with Crippen molar-refractivity contribution in [2.75, 3.05) is 19.8 Å². The number of allylic oxidation sites excluding steroid dienone is 10. The molecule has 0 aromatic rings. The van der Waals surface area contributed by atoms with Crippen LogP contribution < -0.4 is 5.73 Å². The molecule has 0 fully saturated rings. The lowest BCUT2D eigenvalue weighted by Crippen LogP contribution is -2.34. The first kappa shape index (κ1) is 57.2. The van der Waals surface area contributed by atoms with Crippen molar-refractivity contribution in [1.29, 1.82) is 0 Å². The second kappa shape index (κ2) is 42.9. The third kappa shape index (κ3) is 41.9. The highest BCUT2D eigenvalue weighted by Crippen LogP contribution is 2.43. The molecule has 3 atom stereocenters. The molecule has 4 N–H and O–H groups in total. The zero-order valence-electron chi connectivity index (χ0n) is 37.5. The van der Waals surface area contributed by atoms with Gasteiger partial charge in [0, 0.05) is 12.8 Å². The maximum Gasteiger partial charge on any atom is 0.472 e. The summed E-state index contributed by atoms with van der Waals surface area (Å²) < 4.78 is 32.7. The van der Waals surface area contributed by atoms with Gasteiger partial charge in [0.15, 0.2) is 6.10 Å². The second-order valence-corrected chi connectivity index (χ2v) is 17.0. The van der Waals surface area contributed by atoms with Gasteiger partial charge in [0.25, 0.3) is 0 Å². The van der Waals surface area contributed by atoms with Crippen LogP contribution in [-0.4, -0.2) is 59.9 Å². The molecule has 1 unspecified atom stereocenters. The van der Waals surface area contributed by atoms with E-state index >= 15 is 0 Å². The second-order valence-electron chi connectivity index (χ2n) is 15.5. The molecule has 0 rings (SSSR count). The number of ether oxygens (including phenoxy) is 2. The summed E-state index contributed by atoms with van der Waals surface area (Å²) in [6.07, 6.45) is 50.0. The molecule has 0 amide bonds. The molecule has 0 spiro atoms. The summed E-state index contributed by atoms with van der Waals surface area (Å²) >= 11 is 0. The van der Waals surface area contributed by atoms with E-state index in [4.69, 9.17) is 24.8 Å². The van der Waals surface area contributed by atoms with Gasteiger partial charge in [-0.25, -0.2) is 4.57 Å². The number of hydrogen-bond acceptors (Lipinski definition) is 9. The number of carbonyl (C=O) groups excluding carboxylic acids is 2. The van der Waals surface area contributed by atoms with E-state index in [-0.39, 0.29) is 19.4 Å². The van der Waals surface area contributed by atoms with Crippen LogP contribution in [0.5, 0.6) is 0 Å². The molecular formula is C48H84NO10P. The zero-order valence-corrected chi connectivity index (χ0v) is 38.4. The topological polar surface area (TPSA) is 172 Å². The summed E-state index contributed by atoms with van der Waals surface area (Å²) in [4.78, 5) is 46.0. The van der Waals surface area contributed by atoms with Gasteiger partial charge in [-0.05, 0) is 77.0 Å². The van der Waals surface area contributed by atoms with Gasteiger partial charge in [-0.3, -0.25) is 23.4 Å². The van der Waals surface area contributed by atoms with Crippen molar-refractivity contribution in [3.63, 3.8) is 0 Å². The van der Waals surface area contributed by atoms with Crippen molar-refractivity contribution in [3.8, 4) is 0 Å². The molecule has 12 heteroatoms. The Morgan fingerprint density at radius 2 is 0.900 bits per heavy atom. The minimum absolute atomic E-state index is 0.0833. The SMILES string of the molecule is CCCCC/C=C\C/C=C\C/C=C\C/C=C\CCCC(=O)O[C@H](COC(=O)CCCCCCCCCCC/C=C\CCCCCCCC)COP(=O)(O)OC[C@H](N)C(=O)O. The third-order valence-corrected chi connectivity index (χ3v) is 10.7. The molecule has 0 aliphatic heterocycles. The van der Waals surface area contributed by atoms with E-state index in [9.17, 15) is 23.8 Å². The number of unbranched alkanes of at least 4 members (excludes halogenated alkanes) is 19. The number of rotatable bonds is 43. The van der Waals surface area contributed by atoms with Gasteiger partial charge in [0.05, 0.1) is 13.2 Å². The summed E-state index contributed by atoms with van der Waals surface area (Å²) in [6.45, 7) is 2.72. The minimum Gasteiger partial charge on any atom is -0.480 e. The monoisotopic (exact) mass is 866 g/mol. The van der Waals surface area contributed by atoms with Crippen molar-refractivity contribution in [1.82, 2.24) is 0 Å². The largest absolute Gasteiger partial charge is 0.480 e. The summed E-state index contributed by atoms with van der Waals surface area (Å²) in [5.41, 5.74) is 5.34. The van der Waals surface area contributed by atoms with Crippen molar-refractivity contribution in [2.45, 2.75) is 206 Å². The maximum atomic E-state index is 12.6. The number of carbonyl (C=O) groups is 3. The smallest absolute Gasteiger partial charge is 0.472 e. The molecular weight excluding hydrogens is 781 g/mol. The van der Waals surface area contributed by atoms with E-state index in [1.807, 2.05) is 12.2 Å². The lowest BCUT2D eigenvalue weighted by Gasteiger charge is -2.20. The van der Waals surface area contributed by atoms with Crippen LogP contribution in [-0.2, 0) is 37.5 Å². The van der Waals surface area contributed by atoms with Gasteiger partial charge in [0.1, 0.15) is 12.6 Å². The number of carboxylic acids is 1. The van der Waals surface area contributed by atoms with Gasteiger partial charge in [0.2, 0.25) is 0 Å². The summed E-state index contributed by atoms with van der Waals surface area (Å²) in [5, 5.41) is 8.90. The Morgan fingerprint density at radius 1 is 0.517 bits per heavy atom. The van der Waals surface area contributed by atoms with Crippen LogP contribution in [0.15, 0.2) is 60.8 Å². The molecule has 0 saturated heterocycles. The lowest BCUT2D eigenvalue weighted by atomic mass is 10.1. The highest BCUT2D eigenvalue weighted by atomic mass is 31.2. The van der Waals surface area contributed by atoms with Gasteiger partial charge in [-0.2, -0.15) is 0 Å². The molecule has 0 aromatic carbocycles. The molecule has 0 bridgehead atoms. The molecule has 60 heavy (non-hydrogen) atoms. The van der Waals surface area contributed by atoms with Gasteiger partial charge >= 0.3 is 25.7 Å². The first-order chi connectivity index (χ1) is 29.1. The van der Waals surface area contributed by atoms with Crippen LogP contribution >= 0.6 is 7.82 Å². The van der Waals surface area contributed by atoms with Crippen LogP contribution in [0, 0.1) is 0 Å². The molecule has 346 valence electrons. The lowest BCUT2D eigenvalue weighted by molar-refractivity contribution is -0.161. The fourth-order valence-electron chi connectivity index (χ4n) is 6.05. The Balaban J connectivity index is 4.40. The fourth-order valence-corrected chi connectivity index (χ4v) is 6.83. The van der Waals surface area contributed by atoms with Gasteiger partial charge in [-0.15, -0.1) is 0 Å². The molecule has 0 heterocycles. The van der Waals surface area contributed by atoms with Crippen molar-refractivity contribution < 1.29 is 47.5 Å². The Bertz CT molecular complexity index is 1250. The predicted octanol–water partition coefficient (Wildman–Crippen LogP) is 12.7. The van der Waals surface area contributed by atoms with E-state index in [1.54, 1.807) is 0 Å². The average molecular weight is 866 g/mol. The van der Waals surface area contributed by atoms with Crippen molar-refractivity contribution in [3.05, 3.63) is 60.8 Å². The van der Waals surface area contributed by atoms with Crippen LogP contribution in [0.1, 0.15) is 194 Å². The van der Waals surface area contributed by atoms with Crippen LogP contribution in [0.2, 0.25) is 0 Å². The maximum absolute atomic E-state index is 12.6. The average Bonchev–Trinajstić information content (AvgIpc) is 3.22. The number of nitrogens with two attached hydrogens (primary N) is 1. The molecule has 0 saturated carbocycles. The summed E-state index contributed by atoms with van der Waals surface area (Å²) in [7, 11) is -4.74. The number of esters is 2. The standard InChI is InChI=1S/C48H84NO10P/c1-3-5-7-9-11-13-15-17-19-21-22-24-25-27-29-31-33-35-37-39-46(50)56-41-44(42-57-60(54,55)58-43-45(49)48(52)53)59-47(51)40-38-36-34-32-30-28-26-23-20-18-16-14-12-10-8-6-4-2/h12,14,17-20,26,28,32,34,44-45H,3-11,13,15-16,21-25,27,29-31,33,35-43,49H2,1-2H3,(H,52,53)(H,54,55)/b14-12-,19-17-,20-18-,28-26-,34-32-/t44-,45+/m1/s1. The Hall–Kier alpha value is -2.82. The van der Waals surface area contributed by atoms with E-state index in [0.29, 0.717) is 19.3 Å². The van der Waals surface area contributed by atoms with Crippen LogP contribution in [0.3, 0.4) is 0 Å². The highest BCUT2D eigenvalue weighted by molar-refractivity contribution is 7.47. The minimum atomic E-state index is -4.74. The summed E-state index contributed by atoms with van der Waals surface area (Å²) in [6, 6.07) is -1.53. The van der Waals surface area contributed by atoms with E-state index < -0.39 is 51.1 Å². The number of aliphatic carboxylic acids is 1. The van der Waals surface area contributed by atoms with E-state index in [0.717, 1.165) is 44.9 Å². The molecule has 0 aliphatic carbocycles. The third-order valence-electron chi connectivity index (χ3n) is 9.74. The van der Waals surface area contributed by atoms with Crippen LogP contribution in [0.4, 0.5) is 0 Å². The number of phosphoric ester groups is 1. The Labute approximate surface area is 364 Å². The van der Waals surface area contributed by atoms with E-state index in [1.165, 1.54) is 103 Å². The molecule has 0 aromatic heterocycles. The zero-order chi connectivity index (χ0) is 44.2. The van der Waals surface area contributed by atoms with E-state index in [2.05, 4.69) is 67.0 Å². The quantitative estimate of drug-likeness (QED) is 0.0230. The first-order valence-corrected chi connectivity index (χ1v) is 24.8. The fraction of sp³-hybridized carbons (Fsp3) is 0.729.